The van der Waals surface area contributed by atoms with E-state index in [1.54, 1.807) is 0 Å². The number of rotatable bonds is 6. The molecule has 0 rings (SSSR count). The Kier molecular flexibility index (Phi) is 5.67. The van der Waals surface area contributed by atoms with Crippen molar-refractivity contribution in [1.29, 1.82) is 0 Å². The summed E-state index contributed by atoms with van der Waals surface area (Å²) in [6, 6.07) is 0. The molecule has 17 heavy (non-hydrogen) atoms. The lowest BCUT2D eigenvalue weighted by Gasteiger charge is -2.27. The van der Waals surface area contributed by atoms with Crippen LogP contribution >= 0.6 is 11.8 Å². The summed E-state index contributed by atoms with van der Waals surface area (Å²) in [5.74, 6) is -5.75. The van der Waals surface area contributed by atoms with Gasteiger partial charge >= 0.3 is 12.1 Å². The molecule has 0 aromatic carbocycles. The molecule has 0 aromatic rings. The van der Waals surface area contributed by atoms with Gasteiger partial charge < -0.3 is 5.73 Å². The molecule has 1 atom stereocenters. The summed E-state index contributed by atoms with van der Waals surface area (Å²) >= 11 is 0.208. The maximum Gasteiger partial charge on any atom is 0.454 e. The Hall–Kier alpha value is -0.0900. The normalized spacial score (nSPS) is 15.9. The highest BCUT2D eigenvalue weighted by Crippen LogP contribution is 2.42. The number of alkyl halides is 5. The number of thioether (sulfide) groups is 1. The number of nitrogens with two attached hydrogens (primary N) is 1. The van der Waals surface area contributed by atoms with Gasteiger partial charge in [-0.2, -0.15) is 22.0 Å². The molecular formula is C7H12F5NO2S2. The van der Waals surface area contributed by atoms with E-state index in [1.807, 2.05) is 0 Å². The number of sulfone groups is 1. The van der Waals surface area contributed by atoms with Crippen LogP contribution in [0, 0.1) is 0 Å². The fourth-order valence-corrected chi connectivity index (χ4v) is 3.20. The van der Waals surface area contributed by atoms with Crippen LogP contribution in [0.3, 0.4) is 0 Å². The molecule has 10 heteroatoms. The molecule has 0 aliphatic rings. The van der Waals surface area contributed by atoms with Crippen LogP contribution in [-0.2, 0) is 9.84 Å². The Balaban J connectivity index is 4.55. The Morgan fingerprint density at radius 3 is 2.00 bits per heavy atom. The van der Waals surface area contributed by atoms with E-state index in [-0.39, 0.29) is 17.5 Å². The van der Waals surface area contributed by atoms with E-state index in [1.165, 1.54) is 0 Å². The van der Waals surface area contributed by atoms with Crippen molar-refractivity contribution in [2.45, 2.75) is 17.3 Å². The van der Waals surface area contributed by atoms with Gasteiger partial charge in [0.05, 0.1) is 11.0 Å². The highest BCUT2D eigenvalue weighted by molar-refractivity contribution is 8.01. The van der Waals surface area contributed by atoms with Crippen molar-refractivity contribution < 1.29 is 30.4 Å². The van der Waals surface area contributed by atoms with E-state index in [9.17, 15) is 30.4 Å². The molecule has 0 aliphatic heterocycles. The minimum atomic E-state index is -5.69. The molecule has 0 fully saturated rings. The van der Waals surface area contributed by atoms with Gasteiger partial charge in [0.1, 0.15) is 9.84 Å². The van der Waals surface area contributed by atoms with Gasteiger partial charge in [-0.25, -0.2) is 8.42 Å². The van der Waals surface area contributed by atoms with Gasteiger partial charge in [0.2, 0.25) is 0 Å². The summed E-state index contributed by atoms with van der Waals surface area (Å²) in [6.07, 6.45) is -4.82. The van der Waals surface area contributed by atoms with Crippen molar-refractivity contribution in [3.8, 4) is 0 Å². The standard InChI is InChI=1S/C7H12F5NO2S2/c1-17(14,15)3-2-16-5(4-13)6(8,9)7(10,11)12/h5H,2-4,13H2,1H3. The van der Waals surface area contributed by atoms with Crippen molar-refractivity contribution in [1.82, 2.24) is 0 Å². The molecule has 0 spiro atoms. The molecule has 0 saturated heterocycles. The Morgan fingerprint density at radius 1 is 1.24 bits per heavy atom. The lowest BCUT2D eigenvalue weighted by Crippen LogP contribution is -2.48. The maximum atomic E-state index is 12.8. The van der Waals surface area contributed by atoms with Crippen molar-refractivity contribution in [3.63, 3.8) is 0 Å². The first-order valence-electron chi connectivity index (χ1n) is 4.35. The number of halogens is 5. The topological polar surface area (TPSA) is 60.2 Å². The predicted octanol–water partition coefficient (Wildman–Crippen LogP) is 1.29. The average molecular weight is 301 g/mol. The first-order valence-corrected chi connectivity index (χ1v) is 7.46. The molecule has 0 bridgehead atoms. The van der Waals surface area contributed by atoms with E-state index < -0.39 is 39.5 Å². The highest BCUT2D eigenvalue weighted by atomic mass is 32.2. The van der Waals surface area contributed by atoms with Crippen LogP contribution in [0.25, 0.3) is 0 Å². The minimum Gasteiger partial charge on any atom is -0.329 e. The number of hydrogen-bond donors (Lipinski definition) is 1. The van der Waals surface area contributed by atoms with E-state index >= 15 is 0 Å². The van der Waals surface area contributed by atoms with Crippen LogP contribution in [0.1, 0.15) is 0 Å². The monoisotopic (exact) mass is 301 g/mol. The zero-order valence-electron chi connectivity index (χ0n) is 8.80. The quantitative estimate of drug-likeness (QED) is 0.751. The van der Waals surface area contributed by atoms with Crippen LogP contribution < -0.4 is 5.73 Å². The highest BCUT2D eigenvalue weighted by Gasteiger charge is 2.61. The van der Waals surface area contributed by atoms with Gasteiger partial charge in [0, 0.05) is 18.6 Å². The van der Waals surface area contributed by atoms with E-state index in [0.717, 1.165) is 6.26 Å². The molecule has 104 valence electrons. The molecule has 0 heterocycles. The molecule has 0 aromatic heterocycles. The Morgan fingerprint density at radius 2 is 1.71 bits per heavy atom. The summed E-state index contributed by atoms with van der Waals surface area (Å²) in [6.45, 7) is -0.888. The van der Waals surface area contributed by atoms with Gasteiger partial charge in [-0.3, -0.25) is 0 Å². The number of hydrogen-bond acceptors (Lipinski definition) is 4. The Labute approximate surface area is 99.8 Å². The summed E-state index contributed by atoms with van der Waals surface area (Å²) in [4.78, 5) is 0. The zero-order valence-corrected chi connectivity index (χ0v) is 10.4. The maximum absolute atomic E-state index is 12.8. The minimum absolute atomic E-state index is 0.208. The second-order valence-corrected chi connectivity index (χ2v) is 6.92. The second-order valence-electron chi connectivity index (χ2n) is 3.35. The first kappa shape index (κ1) is 16.9. The molecular weight excluding hydrogens is 289 g/mol. The molecule has 0 amide bonds. The average Bonchev–Trinajstić information content (AvgIpc) is 2.08. The Bertz CT molecular complexity index is 341. The molecule has 0 radical (unpaired) electrons. The first-order chi connectivity index (χ1) is 7.42. The van der Waals surface area contributed by atoms with Gasteiger partial charge in [0.25, 0.3) is 0 Å². The van der Waals surface area contributed by atoms with Crippen LogP contribution in [0.5, 0.6) is 0 Å². The second kappa shape index (κ2) is 5.70. The summed E-state index contributed by atoms with van der Waals surface area (Å²) in [5.41, 5.74) is 4.86. The van der Waals surface area contributed by atoms with Crippen LogP contribution in [0.2, 0.25) is 0 Å². The van der Waals surface area contributed by atoms with Crippen LogP contribution in [0.15, 0.2) is 0 Å². The van der Waals surface area contributed by atoms with Crippen LogP contribution in [0.4, 0.5) is 22.0 Å². The molecule has 1 unspecified atom stereocenters. The van der Waals surface area contributed by atoms with Crippen LogP contribution in [-0.4, -0.2) is 50.1 Å². The zero-order chi connectivity index (χ0) is 13.9. The molecule has 0 saturated carbocycles. The van der Waals surface area contributed by atoms with Crippen molar-refractivity contribution in [2.75, 3.05) is 24.3 Å². The third-order valence-electron chi connectivity index (χ3n) is 1.77. The van der Waals surface area contributed by atoms with Crippen molar-refractivity contribution in [3.05, 3.63) is 0 Å². The molecule has 3 nitrogen and oxygen atoms in total. The van der Waals surface area contributed by atoms with E-state index in [2.05, 4.69) is 0 Å². The summed E-state index contributed by atoms with van der Waals surface area (Å²) in [7, 11) is -3.40. The smallest absolute Gasteiger partial charge is 0.329 e. The van der Waals surface area contributed by atoms with Crippen molar-refractivity contribution in [2.24, 2.45) is 5.73 Å². The predicted molar refractivity (Wildman–Crippen MR) is 56.0 cm³/mol. The fourth-order valence-electron chi connectivity index (χ4n) is 0.845. The lowest BCUT2D eigenvalue weighted by atomic mass is 10.2. The fraction of sp³-hybridized carbons (Fsp3) is 1.00. The van der Waals surface area contributed by atoms with E-state index in [0.29, 0.717) is 0 Å². The molecule has 0 aliphatic carbocycles. The largest absolute Gasteiger partial charge is 0.454 e. The summed E-state index contributed by atoms with van der Waals surface area (Å²) in [5, 5.41) is -2.18. The van der Waals surface area contributed by atoms with Gasteiger partial charge in [-0.05, 0) is 0 Å². The third-order valence-corrected chi connectivity index (χ3v) is 4.30. The van der Waals surface area contributed by atoms with Gasteiger partial charge in [-0.15, -0.1) is 11.8 Å². The van der Waals surface area contributed by atoms with Gasteiger partial charge in [0.15, 0.2) is 0 Å². The van der Waals surface area contributed by atoms with Gasteiger partial charge in [-0.1, -0.05) is 0 Å². The van der Waals surface area contributed by atoms with Crippen molar-refractivity contribution >= 4 is 21.6 Å². The summed E-state index contributed by atoms with van der Waals surface area (Å²) < 4.78 is 83.1. The third kappa shape index (κ3) is 5.38. The molecule has 2 N–H and O–H groups in total. The SMILES string of the molecule is CS(=O)(=O)CCSC(CN)C(F)(F)C(F)(F)F. The van der Waals surface area contributed by atoms with E-state index in [4.69, 9.17) is 5.73 Å². The lowest BCUT2D eigenvalue weighted by molar-refractivity contribution is -0.280.